The summed E-state index contributed by atoms with van der Waals surface area (Å²) in [7, 11) is 0. The van der Waals surface area contributed by atoms with Gasteiger partial charge < -0.3 is 9.84 Å². The first-order valence-corrected chi connectivity index (χ1v) is 11.7. The van der Waals surface area contributed by atoms with E-state index in [-0.39, 0.29) is 18.3 Å². The smallest absolute Gasteiger partial charge is 0.410 e. The zero-order chi connectivity index (χ0) is 24.2. The third kappa shape index (κ3) is 4.82. The van der Waals surface area contributed by atoms with Crippen LogP contribution in [0.1, 0.15) is 18.4 Å². The molecular weight excluding hydrogens is 440 g/mol. The number of hydrogen-bond acceptors (Lipinski definition) is 4. The van der Waals surface area contributed by atoms with Gasteiger partial charge >= 0.3 is 6.09 Å². The van der Waals surface area contributed by atoms with Gasteiger partial charge in [0.25, 0.3) is 5.91 Å². The van der Waals surface area contributed by atoms with Crippen LogP contribution in [0.4, 0.5) is 16.2 Å². The minimum Gasteiger partial charge on any atom is -0.508 e. The highest BCUT2D eigenvalue weighted by atomic mass is 16.6. The van der Waals surface area contributed by atoms with E-state index >= 15 is 0 Å². The summed E-state index contributed by atoms with van der Waals surface area (Å²) in [6, 6.07) is 29.1. The highest BCUT2D eigenvalue weighted by molar-refractivity contribution is 6.06. The lowest BCUT2D eigenvalue weighted by Crippen LogP contribution is -2.46. The van der Waals surface area contributed by atoms with Gasteiger partial charge in [-0.25, -0.2) is 4.79 Å². The number of anilines is 2. The molecule has 4 aromatic carbocycles. The number of likely N-dealkylation sites (tertiary alicyclic amines) is 1. The van der Waals surface area contributed by atoms with Crippen LogP contribution in [0.5, 0.6) is 5.75 Å². The molecule has 1 atom stereocenters. The van der Waals surface area contributed by atoms with E-state index in [1.807, 2.05) is 84.9 Å². The number of para-hydroxylation sites is 1. The van der Waals surface area contributed by atoms with Crippen LogP contribution in [-0.2, 0) is 16.1 Å². The van der Waals surface area contributed by atoms with Crippen molar-refractivity contribution in [2.45, 2.75) is 25.5 Å². The maximum Gasteiger partial charge on any atom is 0.410 e. The molecule has 0 saturated carbocycles. The Kier molecular flexibility index (Phi) is 6.35. The van der Waals surface area contributed by atoms with Gasteiger partial charge in [-0.1, -0.05) is 60.7 Å². The molecule has 4 aromatic rings. The van der Waals surface area contributed by atoms with E-state index in [2.05, 4.69) is 0 Å². The molecule has 176 valence electrons. The van der Waals surface area contributed by atoms with Crippen molar-refractivity contribution in [3.05, 3.63) is 103 Å². The predicted molar refractivity (Wildman–Crippen MR) is 136 cm³/mol. The third-order valence-electron chi connectivity index (χ3n) is 6.28. The van der Waals surface area contributed by atoms with E-state index in [1.54, 1.807) is 21.9 Å². The quantitative estimate of drug-likeness (QED) is 0.391. The number of nitrogens with zero attached hydrogens (tertiary/aromatic N) is 2. The number of benzene rings is 4. The number of fused-ring (bicyclic) bond motifs is 1. The van der Waals surface area contributed by atoms with E-state index in [0.29, 0.717) is 18.7 Å². The van der Waals surface area contributed by atoms with Gasteiger partial charge in [-0.05, 0) is 65.6 Å². The molecule has 6 heteroatoms. The van der Waals surface area contributed by atoms with Crippen LogP contribution in [0.3, 0.4) is 0 Å². The largest absolute Gasteiger partial charge is 0.508 e. The summed E-state index contributed by atoms with van der Waals surface area (Å²) >= 11 is 0. The van der Waals surface area contributed by atoms with Gasteiger partial charge in [0, 0.05) is 17.9 Å². The van der Waals surface area contributed by atoms with Gasteiger partial charge in [-0.15, -0.1) is 0 Å². The molecule has 0 aliphatic carbocycles. The summed E-state index contributed by atoms with van der Waals surface area (Å²) in [6.07, 6.45) is 0.826. The molecule has 0 bridgehead atoms. The summed E-state index contributed by atoms with van der Waals surface area (Å²) in [5, 5.41) is 11.6. The number of amides is 2. The molecule has 1 aliphatic heterocycles. The lowest BCUT2D eigenvalue weighted by molar-refractivity contribution is -0.121. The fourth-order valence-corrected chi connectivity index (χ4v) is 4.53. The number of phenols is 1. The molecule has 1 saturated heterocycles. The fourth-order valence-electron chi connectivity index (χ4n) is 4.53. The van der Waals surface area contributed by atoms with E-state index in [9.17, 15) is 14.7 Å². The number of carbonyl (C=O) groups excluding carboxylic acids is 2. The van der Waals surface area contributed by atoms with E-state index in [0.717, 1.165) is 28.4 Å². The van der Waals surface area contributed by atoms with Crippen LogP contribution < -0.4 is 4.90 Å². The first-order valence-electron chi connectivity index (χ1n) is 11.7. The first-order chi connectivity index (χ1) is 17.1. The summed E-state index contributed by atoms with van der Waals surface area (Å²) < 4.78 is 5.55. The maximum atomic E-state index is 14.0. The second-order valence-corrected chi connectivity index (χ2v) is 8.62. The highest BCUT2D eigenvalue weighted by Gasteiger charge is 2.38. The van der Waals surface area contributed by atoms with Crippen LogP contribution in [0.2, 0.25) is 0 Å². The molecule has 2 amide bonds. The number of phenolic OH excluding ortho intramolecular Hbond substituents is 1. The Morgan fingerprint density at radius 3 is 2.31 bits per heavy atom. The van der Waals surface area contributed by atoms with Crippen molar-refractivity contribution >= 4 is 34.1 Å². The molecule has 1 aliphatic rings. The normalized spacial score (nSPS) is 15.2. The first kappa shape index (κ1) is 22.5. The molecule has 5 rings (SSSR count). The molecule has 0 aromatic heterocycles. The summed E-state index contributed by atoms with van der Waals surface area (Å²) in [5.74, 6) is 0.0142. The molecule has 35 heavy (non-hydrogen) atoms. The molecule has 1 N–H and O–H groups in total. The van der Waals surface area contributed by atoms with Crippen molar-refractivity contribution in [2.24, 2.45) is 0 Å². The summed E-state index contributed by atoms with van der Waals surface area (Å²) in [6.45, 7) is 0.640. The van der Waals surface area contributed by atoms with Crippen molar-refractivity contribution in [3.8, 4) is 5.75 Å². The molecule has 1 fully saturated rings. The lowest BCUT2D eigenvalue weighted by atomic mass is 10.1. The van der Waals surface area contributed by atoms with Crippen LogP contribution in [-0.4, -0.2) is 34.6 Å². The molecule has 1 heterocycles. The van der Waals surface area contributed by atoms with E-state index in [4.69, 9.17) is 4.74 Å². The maximum absolute atomic E-state index is 14.0. The second-order valence-electron chi connectivity index (χ2n) is 8.62. The number of aromatic hydroxyl groups is 1. The fraction of sp³-hybridized carbons (Fsp3) is 0.172. The van der Waals surface area contributed by atoms with Crippen molar-refractivity contribution in [3.63, 3.8) is 0 Å². The molecule has 6 nitrogen and oxygen atoms in total. The molecule has 1 unspecified atom stereocenters. The Labute approximate surface area is 204 Å². The molecule has 0 spiro atoms. The predicted octanol–water partition coefficient (Wildman–Crippen LogP) is 6.01. The van der Waals surface area contributed by atoms with Gasteiger partial charge in [0.1, 0.15) is 18.4 Å². The Hall–Kier alpha value is -4.32. The Morgan fingerprint density at radius 2 is 1.54 bits per heavy atom. The van der Waals surface area contributed by atoms with Crippen molar-refractivity contribution in [2.75, 3.05) is 11.4 Å². The monoisotopic (exact) mass is 466 g/mol. The van der Waals surface area contributed by atoms with Gasteiger partial charge in [0.15, 0.2) is 0 Å². The van der Waals surface area contributed by atoms with Gasteiger partial charge in [0.05, 0.1) is 0 Å². The Morgan fingerprint density at radius 1 is 0.857 bits per heavy atom. The standard InChI is InChI=1S/C29H26N2O4/c32-26-16-14-22-18-25(15-13-23(22)19-26)31(24-10-5-2-6-11-24)28(33)27-12-7-17-30(27)29(34)35-20-21-8-3-1-4-9-21/h1-6,8-11,13-16,18-19,27,32H,7,12,17,20H2. The zero-order valence-electron chi connectivity index (χ0n) is 19.2. The van der Waals surface area contributed by atoms with E-state index < -0.39 is 12.1 Å². The number of hydrogen-bond donors (Lipinski definition) is 1. The van der Waals surface area contributed by atoms with Crippen molar-refractivity contribution in [1.29, 1.82) is 0 Å². The van der Waals surface area contributed by atoms with Crippen molar-refractivity contribution < 1.29 is 19.4 Å². The molecular formula is C29H26N2O4. The second kappa shape index (κ2) is 9.89. The average Bonchev–Trinajstić information content (AvgIpc) is 3.39. The highest BCUT2D eigenvalue weighted by Crippen LogP contribution is 2.33. The summed E-state index contributed by atoms with van der Waals surface area (Å²) in [5.41, 5.74) is 2.32. The molecule has 0 radical (unpaired) electrons. The average molecular weight is 467 g/mol. The number of ether oxygens (including phenoxy) is 1. The van der Waals surface area contributed by atoms with Crippen LogP contribution in [0.25, 0.3) is 10.8 Å². The van der Waals surface area contributed by atoms with Crippen LogP contribution >= 0.6 is 0 Å². The Bertz CT molecular complexity index is 1340. The number of carbonyl (C=O) groups is 2. The Balaban J connectivity index is 1.43. The van der Waals surface area contributed by atoms with Gasteiger partial charge in [-0.3, -0.25) is 14.6 Å². The van der Waals surface area contributed by atoms with Gasteiger partial charge in [-0.2, -0.15) is 0 Å². The van der Waals surface area contributed by atoms with Gasteiger partial charge in [0.2, 0.25) is 0 Å². The summed E-state index contributed by atoms with van der Waals surface area (Å²) in [4.78, 5) is 30.1. The minimum absolute atomic E-state index is 0.164. The van der Waals surface area contributed by atoms with Crippen LogP contribution in [0.15, 0.2) is 97.1 Å². The minimum atomic E-state index is -0.617. The van der Waals surface area contributed by atoms with Crippen LogP contribution in [0, 0.1) is 0 Å². The van der Waals surface area contributed by atoms with Crippen molar-refractivity contribution in [1.82, 2.24) is 4.90 Å². The lowest BCUT2D eigenvalue weighted by Gasteiger charge is -2.30. The third-order valence-corrected chi connectivity index (χ3v) is 6.28. The SMILES string of the molecule is O=C(C1CCCN1C(=O)OCc1ccccc1)N(c1ccccc1)c1ccc2cc(O)ccc2c1. The topological polar surface area (TPSA) is 70.1 Å². The van der Waals surface area contributed by atoms with E-state index in [1.165, 1.54) is 0 Å². The zero-order valence-corrected chi connectivity index (χ0v) is 19.2. The number of rotatable bonds is 5.